The van der Waals surface area contributed by atoms with Crippen molar-refractivity contribution in [2.75, 3.05) is 19.8 Å². The molecule has 3 nitrogen and oxygen atoms in total. The van der Waals surface area contributed by atoms with Crippen molar-refractivity contribution in [2.45, 2.75) is 32.6 Å². The highest BCUT2D eigenvalue weighted by Gasteiger charge is 2.23. The number of ether oxygens (including phenoxy) is 2. The first-order chi connectivity index (χ1) is 8.65. The van der Waals surface area contributed by atoms with Gasteiger partial charge in [-0.3, -0.25) is 0 Å². The van der Waals surface area contributed by atoms with Gasteiger partial charge in [-0.05, 0) is 39.9 Å². The number of rotatable bonds is 3. The summed E-state index contributed by atoms with van der Waals surface area (Å²) in [7, 11) is 0. The predicted octanol–water partition coefficient (Wildman–Crippen LogP) is 3.27. The van der Waals surface area contributed by atoms with Crippen molar-refractivity contribution in [3.05, 3.63) is 21.7 Å². The summed E-state index contributed by atoms with van der Waals surface area (Å²) >= 11 is 3.53. The maximum atomic E-state index is 9.19. The standard InChI is InChI=1S/C14H19BrO3/c1-9(2)12-10(4-5-16)8-11(15)13-14(12)18-7-3-6-17-13/h8-9,16H,3-7H2,1-2H3. The molecule has 0 spiro atoms. The summed E-state index contributed by atoms with van der Waals surface area (Å²) < 4.78 is 12.6. The zero-order valence-electron chi connectivity index (χ0n) is 10.8. The van der Waals surface area contributed by atoms with Gasteiger partial charge in [0.05, 0.1) is 17.7 Å². The average molecular weight is 315 g/mol. The number of aliphatic hydroxyl groups is 1. The van der Waals surface area contributed by atoms with Crippen LogP contribution in [0.1, 0.15) is 37.3 Å². The van der Waals surface area contributed by atoms with Crippen LogP contribution in [0.25, 0.3) is 0 Å². The fourth-order valence-electron chi connectivity index (χ4n) is 2.32. The van der Waals surface area contributed by atoms with Gasteiger partial charge in [0.25, 0.3) is 0 Å². The Morgan fingerprint density at radius 3 is 2.56 bits per heavy atom. The van der Waals surface area contributed by atoms with E-state index in [0.29, 0.717) is 25.6 Å². The van der Waals surface area contributed by atoms with Gasteiger partial charge in [0, 0.05) is 18.6 Å². The van der Waals surface area contributed by atoms with E-state index in [0.717, 1.165) is 33.5 Å². The van der Waals surface area contributed by atoms with Gasteiger partial charge in [-0.2, -0.15) is 0 Å². The van der Waals surface area contributed by atoms with Gasteiger partial charge < -0.3 is 14.6 Å². The topological polar surface area (TPSA) is 38.7 Å². The van der Waals surface area contributed by atoms with Crippen LogP contribution < -0.4 is 9.47 Å². The molecule has 0 fully saturated rings. The Balaban J connectivity index is 2.57. The zero-order chi connectivity index (χ0) is 13.1. The molecule has 100 valence electrons. The maximum absolute atomic E-state index is 9.19. The molecule has 1 aliphatic heterocycles. The molecule has 1 aromatic rings. The highest BCUT2D eigenvalue weighted by atomic mass is 79.9. The monoisotopic (exact) mass is 314 g/mol. The predicted molar refractivity (Wildman–Crippen MR) is 74.6 cm³/mol. The number of fused-ring (bicyclic) bond motifs is 1. The number of halogens is 1. The normalized spacial score (nSPS) is 14.7. The summed E-state index contributed by atoms with van der Waals surface area (Å²) in [5.74, 6) is 1.99. The lowest BCUT2D eigenvalue weighted by Crippen LogP contribution is -2.05. The third-order valence-electron chi connectivity index (χ3n) is 3.05. The fourth-order valence-corrected chi connectivity index (χ4v) is 2.89. The van der Waals surface area contributed by atoms with E-state index >= 15 is 0 Å². The Morgan fingerprint density at radius 1 is 1.28 bits per heavy atom. The Morgan fingerprint density at radius 2 is 1.94 bits per heavy atom. The van der Waals surface area contributed by atoms with E-state index in [2.05, 4.69) is 29.8 Å². The highest BCUT2D eigenvalue weighted by molar-refractivity contribution is 9.10. The lowest BCUT2D eigenvalue weighted by molar-refractivity contribution is 0.294. The molecule has 1 aliphatic rings. The van der Waals surface area contributed by atoms with Crippen LogP contribution in [0.2, 0.25) is 0 Å². The second-order valence-corrected chi connectivity index (χ2v) is 5.62. The summed E-state index contributed by atoms with van der Waals surface area (Å²) in [5, 5.41) is 9.19. The first-order valence-electron chi connectivity index (χ1n) is 6.37. The van der Waals surface area contributed by atoms with E-state index in [9.17, 15) is 5.11 Å². The molecule has 0 radical (unpaired) electrons. The summed E-state index contributed by atoms with van der Waals surface area (Å²) in [4.78, 5) is 0. The first-order valence-corrected chi connectivity index (χ1v) is 7.16. The molecule has 0 atom stereocenters. The van der Waals surface area contributed by atoms with Crippen LogP contribution in [0.3, 0.4) is 0 Å². The number of benzene rings is 1. The van der Waals surface area contributed by atoms with Gasteiger partial charge in [-0.1, -0.05) is 13.8 Å². The van der Waals surface area contributed by atoms with E-state index in [1.54, 1.807) is 0 Å². The highest BCUT2D eigenvalue weighted by Crippen LogP contribution is 2.44. The molecule has 0 saturated heterocycles. The number of hydrogen-bond donors (Lipinski definition) is 1. The van der Waals surface area contributed by atoms with E-state index in [1.165, 1.54) is 0 Å². The molecular weight excluding hydrogens is 296 g/mol. The van der Waals surface area contributed by atoms with Crippen LogP contribution in [0.15, 0.2) is 10.5 Å². The minimum absolute atomic E-state index is 0.145. The smallest absolute Gasteiger partial charge is 0.175 e. The fraction of sp³-hybridized carbons (Fsp3) is 0.571. The van der Waals surface area contributed by atoms with Gasteiger partial charge >= 0.3 is 0 Å². The molecular formula is C14H19BrO3. The number of aliphatic hydroxyl groups excluding tert-OH is 1. The molecule has 4 heteroatoms. The van der Waals surface area contributed by atoms with Crippen molar-refractivity contribution < 1.29 is 14.6 Å². The molecule has 2 rings (SSSR count). The van der Waals surface area contributed by atoms with Crippen LogP contribution in [-0.4, -0.2) is 24.9 Å². The van der Waals surface area contributed by atoms with Crippen LogP contribution >= 0.6 is 15.9 Å². The van der Waals surface area contributed by atoms with Crippen molar-refractivity contribution >= 4 is 15.9 Å². The van der Waals surface area contributed by atoms with Crippen molar-refractivity contribution in [1.29, 1.82) is 0 Å². The number of hydrogen-bond acceptors (Lipinski definition) is 3. The van der Waals surface area contributed by atoms with Gasteiger partial charge in [-0.25, -0.2) is 0 Å². The van der Waals surface area contributed by atoms with E-state index in [1.807, 2.05) is 6.07 Å². The van der Waals surface area contributed by atoms with E-state index in [-0.39, 0.29) is 6.61 Å². The molecule has 0 bridgehead atoms. The van der Waals surface area contributed by atoms with Gasteiger partial charge in [0.2, 0.25) is 0 Å². The summed E-state index contributed by atoms with van der Waals surface area (Å²) in [6.07, 6.45) is 1.54. The second kappa shape index (κ2) is 5.93. The van der Waals surface area contributed by atoms with Crippen LogP contribution in [0.5, 0.6) is 11.5 Å². The van der Waals surface area contributed by atoms with Crippen LogP contribution in [-0.2, 0) is 6.42 Å². The summed E-state index contributed by atoms with van der Waals surface area (Å²) in [6, 6.07) is 2.04. The van der Waals surface area contributed by atoms with E-state index < -0.39 is 0 Å². The SMILES string of the molecule is CC(C)c1c(CCO)cc(Br)c2c1OCCCO2. The lowest BCUT2D eigenvalue weighted by Gasteiger charge is -2.20. The molecule has 1 heterocycles. The molecule has 0 unspecified atom stereocenters. The average Bonchev–Trinajstić information content (AvgIpc) is 2.55. The molecule has 1 N–H and O–H groups in total. The molecule has 0 saturated carbocycles. The summed E-state index contributed by atoms with van der Waals surface area (Å²) in [6.45, 7) is 5.79. The first kappa shape index (κ1) is 13.7. The Kier molecular flexibility index (Phi) is 4.51. The largest absolute Gasteiger partial charge is 0.489 e. The lowest BCUT2D eigenvalue weighted by atomic mass is 9.94. The van der Waals surface area contributed by atoms with Crippen molar-refractivity contribution in [3.63, 3.8) is 0 Å². The quantitative estimate of drug-likeness (QED) is 0.930. The second-order valence-electron chi connectivity index (χ2n) is 4.77. The van der Waals surface area contributed by atoms with Crippen molar-refractivity contribution in [3.8, 4) is 11.5 Å². The molecule has 0 aromatic heterocycles. The Bertz CT molecular complexity index is 430. The minimum atomic E-state index is 0.145. The molecule has 18 heavy (non-hydrogen) atoms. The Labute approximate surface area is 116 Å². The zero-order valence-corrected chi connectivity index (χ0v) is 12.4. The third kappa shape index (κ3) is 2.64. The van der Waals surface area contributed by atoms with Crippen LogP contribution in [0, 0.1) is 0 Å². The van der Waals surface area contributed by atoms with Gasteiger partial charge in [0.15, 0.2) is 11.5 Å². The Hall–Kier alpha value is -0.740. The van der Waals surface area contributed by atoms with Crippen molar-refractivity contribution in [2.24, 2.45) is 0 Å². The maximum Gasteiger partial charge on any atom is 0.175 e. The van der Waals surface area contributed by atoms with Gasteiger partial charge in [0.1, 0.15) is 0 Å². The summed E-state index contributed by atoms with van der Waals surface area (Å²) in [5.41, 5.74) is 2.28. The third-order valence-corrected chi connectivity index (χ3v) is 3.64. The van der Waals surface area contributed by atoms with Gasteiger partial charge in [-0.15, -0.1) is 0 Å². The minimum Gasteiger partial charge on any atom is -0.489 e. The van der Waals surface area contributed by atoms with Crippen molar-refractivity contribution in [1.82, 2.24) is 0 Å². The molecule has 1 aromatic carbocycles. The van der Waals surface area contributed by atoms with E-state index in [4.69, 9.17) is 9.47 Å². The molecule has 0 amide bonds. The van der Waals surface area contributed by atoms with Crippen LogP contribution in [0.4, 0.5) is 0 Å². The molecule has 0 aliphatic carbocycles.